The molecule has 0 aliphatic carbocycles. The number of methoxy groups -OCH3 is 1. The maximum absolute atomic E-state index is 12.3. The topological polar surface area (TPSA) is 56.1 Å². The smallest absolute Gasteiger partial charge is 0.255 e. The summed E-state index contributed by atoms with van der Waals surface area (Å²) in [6, 6.07) is 7.42. The van der Waals surface area contributed by atoms with Gasteiger partial charge in [0, 0.05) is 30.9 Å². The first-order valence-electron chi connectivity index (χ1n) is 6.71. The molecular weight excluding hydrogens is 254 g/mol. The number of fused-ring (bicyclic) bond motifs is 1. The van der Waals surface area contributed by atoms with Crippen molar-refractivity contribution in [3.8, 4) is 5.75 Å². The summed E-state index contributed by atoms with van der Waals surface area (Å²) in [5.41, 5.74) is 1.75. The lowest BCUT2D eigenvalue weighted by Crippen LogP contribution is -2.40. The highest BCUT2D eigenvalue weighted by Gasteiger charge is 2.21. The van der Waals surface area contributed by atoms with Gasteiger partial charge >= 0.3 is 0 Å². The molecule has 0 bridgehead atoms. The van der Waals surface area contributed by atoms with Gasteiger partial charge in [-0.3, -0.25) is 4.79 Å². The molecule has 104 valence electrons. The van der Waals surface area contributed by atoms with Crippen molar-refractivity contribution in [2.24, 2.45) is 0 Å². The Labute approximate surface area is 117 Å². The Morgan fingerprint density at radius 1 is 1.45 bits per heavy atom. The van der Waals surface area contributed by atoms with Gasteiger partial charge in [-0.15, -0.1) is 0 Å². The van der Waals surface area contributed by atoms with Gasteiger partial charge in [-0.2, -0.15) is 0 Å². The SMILES string of the molecule is COc1ccccc1C(=O)NC1CCn2cncc2C1. The molecule has 1 atom stereocenters. The number of imidazole rings is 1. The zero-order valence-corrected chi connectivity index (χ0v) is 11.4. The number of hydrogen-bond donors (Lipinski definition) is 1. The summed E-state index contributed by atoms with van der Waals surface area (Å²) in [5, 5.41) is 3.08. The third kappa shape index (κ3) is 2.39. The Bertz CT molecular complexity index is 621. The molecule has 5 heteroatoms. The van der Waals surface area contributed by atoms with E-state index in [4.69, 9.17) is 4.74 Å². The molecule has 1 aliphatic heterocycles. The maximum atomic E-state index is 12.3. The molecule has 1 amide bonds. The van der Waals surface area contributed by atoms with Gasteiger partial charge in [0.2, 0.25) is 0 Å². The van der Waals surface area contributed by atoms with Gasteiger partial charge in [0.15, 0.2) is 0 Å². The Hall–Kier alpha value is -2.30. The third-order valence-electron chi connectivity index (χ3n) is 3.66. The number of rotatable bonds is 3. The molecule has 0 saturated heterocycles. The van der Waals surface area contributed by atoms with Crippen LogP contribution in [0, 0.1) is 0 Å². The molecule has 1 N–H and O–H groups in total. The molecule has 1 aromatic heterocycles. The van der Waals surface area contributed by atoms with Crippen molar-refractivity contribution >= 4 is 5.91 Å². The minimum Gasteiger partial charge on any atom is -0.496 e. The molecule has 2 aromatic rings. The minimum absolute atomic E-state index is 0.0829. The second kappa shape index (κ2) is 5.36. The summed E-state index contributed by atoms with van der Waals surface area (Å²) in [4.78, 5) is 16.5. The summed E-state index contributed by atoms with van der Waals surface area (Å²) in [5.74, 6) is 0.520. The number of carbonyl (C=O) groups is 1. The highest BCUT2D eigenvalue weighted by molar-refractivity contribution is 5.97. The molecule has 20 heavy (non-hydrogen) atoms. The molecule has 1 unspecified atom stereocenters. The number of ether oxygens (including phenoxy) is 1. The summed E-state index contributed by atoms with van der Waals surface area (Å²) in [7, 11) is 1.57. The summed E-state index contributed by atoms with van der Waals surface area (Å²) in [6.07, 6.45) is 5.44. The zero-order valence-electron chi connectivity index (χ0n) is 11.4. The van der Waals surface area contributed by atoms with Gasteiger partial charge < -0.3 is 14.6 Å². The third-order valence-corrected chi connectivity index (χ3v) is 3.66. The molecule has 0 radical (unpaired) electrons. The Balaban J connectivity index is 1.71. The second-order valence-electron chi connectivity index (χ2n) is 4.94. The second-order valence-corrected chi connectivity index (χ2v) is 4.94. The van der Waals surface area contributed by atoms with Crippen LogP contribution in [0.2, 0.25) is 0 Å². The van der Waals surface area contributed by atoms with Gasteiger partial charge in [0.05, 0.1) is 19.0 Å². The van der Waals surface area contributed by atoms with E-state index in [0.717, 1.165) is 19.4 Å². The molecule has 3 rings (SSSR count). The van der Waals surface area contributed by atoms with E-state index in [1.54, 1.807) is 19.2 Å². The summed E-state index contributed by atoms with van der Waals surface area (Å²) < 4.78 is 7.36. The first-order valence-corrected chi connectivity index (χ1v) is 6.71. The molecular formula is C15H17N3O2. The van der Waals surface area contributed by atoms with Crippen molar-refractivity contribution < 1.29 is 9.53 Å². The van der Waals surface area contributed by atoms with Crippen molar-refractivity contribution in [2.45, 2.75) is 25.4 Å². The molecule has 1 aliphatic rings. The van der Waals surface area contributed by atoms with E-state index in [1.807, 2.05) is 24.7 Å². The average Bonchev–Trinajstić information content (AvgIpc) is 2.94. The number of benzene rings is 1. The van der Waals surface area contributed by atoms with Crippen LogP contribution in [0.3, 0.4) is 0 Å². The van der Waals surface area contributed by atoms with Crippen LogP contribution in [-0.2, 0) is 13.0 Å². The molecule has 0 fully saturated rings. The van der Waals surface area contributed by atoms with E-state index >= 15 is 0 Å². The fourth-order valence-corrected chi connectivity index (χ4v) is 2.59. The van der Waals surface area contributed by atoms with Crippen LogP contribution in [0.15, 0.2) is 36.8 Å². The number of aryl methyl sites for hydroxylation is 1. The molecule has 0 saturated carbocycles. The number of para-hydroxylation sites is 1. The van der Waals surface area contributed by atoms with Crippen LogP contribution in [0.4, 0.5) is 0 Å². The fraction of sp³-hybridized carbons (Fsp3) is 0.333. The first-order chi connectivity index (χ1) is 9.78. The van der Waals surface area contributed by atoms with E-state index in [2.05, 4.69) is 14.9 Å². The molecule has 0 spiro atoms. The number of hydrogen-bond acceptors (Lipinski definition) is 3. The van der Waals surface area contributed by atoms with Gasteiger partial charge in [0.25, 0.3) is 5.91 Å². The van der Waals surface area contributed by atoms with E-state index < -0.39 is 0 Å². The Kier molecular flexibility index (Phi) is 3.41. The lowest BCUT2D eigenvalue weighted by molar-refractivity contribution is 0.0928. The Morgan fingerprint density at radius 2 is 2.30 bits per heavy atom. The molecule has 1 aromatic carbocycles. The van der Waals surface area contributed by atoms with E-state index in [9.17, 15) is 4.79 Å². The van der Waals surface area contributed by atoms with E-state index in [0.29, 0.717) is 11.3 Å². The van der Waals surface area contributed by atoms with Crippen LogP contribution in [0.5, 0.6) is 5.75 Å². The average molecular weight is 271 g/mol. The van der Waals surface area contributed by atoms with E-state index in [-0.39, 0.29) is 11.9 Å². The molecule has 5 nitrogen and oxygen atoms in total. The normalized spacial score (nSPS) is 17.4. The number of nitrogens with one attached hydrogen (secondary N) is 1. The number of nitrogens with zero attached hydrogens (tertiary/aromatic N) is 2. The Morgan fingerprint density at radius 3 is 3.15 bits per heavy atom. The monoisotopic (exact) mass is 271 g/mol. The minimum atomic E-state index is -0.0829. The van der Waals surface area contributed by atoms with Crippen LogP contribution in [0.1, 0.15) is 22.5 Å². The first kappa shape index (κ1) is 12.7. The van der Waals surface area contributed by atoms with Crippen LogP contribution in [0.25, 0.3) is 0 Å². The van der Waals surface area contributed by atoms with Crippen molar-refractivity contribution in [3.63, 3.8) is 0 Å². The molecule has 2 heterocycles. The van der Waals surface area contributed by atoms with Crippen LogP contribution in [-0.4, -0.2) is 28.6 Å². The van der Waals surface area contributed by atoms with Crippen molar-refractivity contribution in [1.82, 2.24) is 14.9 Å². The number of carbonyl (C=O) groups excluding carboxylic acids is 1. The highest BCUT2D eigenvalue weighted by atomic mass is 16.5. The quantitative estimate of drug-likeness (QED) is 0.923. The zero-order chi connectivity index (χ0) is 13.9. The van der Waals surface area contributed by atoms with Crippen molar-refractivity contribution in [3.05, 3.63) is 48.0 Å². The van der Waals surface area contributed by atoms with Gasteiger partial charge in [-0.1, -0.05) is 12.1 Å². The largest absolute Gasteiger partial charge is 0.496 e. The lowest BCUT2D eigenvalue weighted by atomic mass is 10.0. The lowest BCUT2D eigenvalue weighted by Gasteiger charge is -2.25. The number of aromatic nitrogens is 2. The number of amides is 1. The highest BCUT2D eigenvalue weighted by Crippen LogP contribution is 2.19. The van der Waals surface area contributed by atoms with Gasteiger partial charge in [0.1, 0.15) is 5.75 Å². The summed E-state index contributed by atoms with van der Waals surface area (Å²) in [6.45, 7) is 0.895. The standard InChI is InChI=1S/C15H17N3O2/c1-20-14-5-3-2-4-13(14)15(19)17-11-6-7-18-10-16-9-12(18)8-11/h2-5,9-11H,6-8H2,1H3,(H,17,19). The predicted molar refractivity (Wildman–Crippen MR) is 74.8 cm³/mol. The predicted octanol–water partition coefficient (Wildman–Crippen LogP) is 1.64. The van der Waals surface area contributed by atoms with Crippen LogP contribution >= 0.6 is 0 Å². The van der Waals surface area contributed by atoms with Crippen LogP contribution < -0.4 is 10.1 Å². The van der Waals surface area contributed by atoms with Gasteiger partial charge in [-0.05, 0) is 18.6 Å². The van der Waals surface area contributed by atoms with Crippen molar-refractivity contribution in [2.75, 3.05) is 7.11 Å². The fourth-order valence-electron chi connectivity index (χ4n) is 2.59. The maximum Gasteiger partial charge on any atom is 0.255 e. The van der Waals surface area contributed by atoms with Gasteiger partial charge in [-0.25, -0.2) is 4.98 Å². The van der Waals surface area contributed by atoms with E-state index in [1.165, 1.54) is 5.69 Å². The van der Waals surface area contributed by atoms with Crippen molar-refractivity contribution in [1.29, 1.82) is 0 Å². The summed E-state index contributed by atoms with van der Waals surface area (Å²) >= 11 is 0.